The van der Waals surface area contributed by atoms with E-state index in [1.165, 1.54) is 22.7 Å². The number of rotatable bonds is 7. The van der Waals surface area contributed by atoms with E-state index in [0.29, 0.717) is 13.1 Å². The average molecular weight is 438 g/mol. The number of carbonyl (C=O) groups is 1. The molecule has 0 unspecified atom stereocenters. The topological polar surface area (TPSA) is 78.8 Å². The van der Waals surface area contributed by atoms with Gasteiger partial charge < -0.3 is 0 Å². The highest BCUT2D eigenvalue weighted by Gasteiger charge is 2.22. The van der Waals surface area contributed by atoms with Crippen LogP contribution in [0.5, 0.6) is 0 Å². The fourth-order valence-corrected chi connectivity index (χ4v) is 4.06. The second-order valence-corrected chi connectivity index (χ2v) is 8.22. The minimum absolute atomic E-state index is 0.0886. The predicted molar refractivity (Wildman–Crippen MR) is 106 cm³/mol. The molecule has 26 heavy (non-hydrogen) atoms. The summed E-state index contributed by atoms with van der Waals surface area (Å²) >= 11 is 3.34. The van der Waals surface area contributed by atoms with Gasteiger partial charge in [-0.1, -0.05) is 48.0 Å². The third-order valence-corrected chi connectivity index (χ3v) is 6.26. The first-order valence-electron chi connectivity index (χ1n) is 8.07. The number of hydrazone groups is 1. The molecule has 6 nitrogen and oxygen atoms in total. The largest absolute Gasteiger partial charge is 0.271 e. The van der Waals surface area contributed by atoms with Gasteiger partial charge in [0.15, 0.2) is 0 Å². The van der Waals surface area contributed by atoms with Crippen LogP contribution in [0.15, 0.2) is 63.0 Å². The summed E-state index contributed by atoms with van der Waals surface area (Å²) in [5.74, 6) is -0.477. The first-order chi connectivity index (χ1) is 12.4. The Kier molecular flexibility index (Phi) is 7.07. The highest BCUT2D eigenvalue weighted by atomic mass is 79.9. The minimum atomic E-state index is -3.61. The van der Waals surface area contributed by atoms with Gasteiger partial charge in [0.05, 0.1) is 11.1 Å². The molecule has 0 saturated heterocycles. The van der Waals surface area contributed by atoms with Crippen molar-refractivity contribution in [1.29, 1.82) is 0 Å². The highest BCUT2D eigenvalue weighted by Crippen LogP contribution is 2.17. The molecule has 2 rings (SSSR count). The minimum Gasteiger partial charge on any atom is -0.267 e. The predicted octanol–water partition coefficient (Wildman–Crippen LogP) is 3.24. The fourth-order valence-electron chi connectivity index (χ4n) is 2.29. The maximum atomic E-state index is 12.6. The van der Waals surface area contributed by atoms with Crippen LogP contribution in [0.25, 0.3) is 0 Å². The molecule has 138 valence electrons. The Morgan fingerprint density at radius 2 is 1.81 bits per heavy atom. The Morgan fingerprint density at radius 3 is 2.42 bits per heavy atom. The van der Waals surface area contributed by atoms with Crippen molar-refractivity contribution in [2.75, 3.05) is 13.1 Å². The van der Waals surface area contributed by atoms with E-state index in [2.05, 4.69) is 26.5 Å². The van der Waals surface area contributed by atoms with Crippen LogP contribution in [0.4, 0.5) is 0 Å². The maximum absolute atomic E-state index is 12.6. The van der Waals surface area contributed by atoms with Gasteiger partial charge in [-0.25, -0.2) is 13.8 Å². The lowest BCUT2D eigenvalue weighted by molar-refractivity contribution is 0.0955. The van der Waals surface area contributed by atoms with Gasteiger partial charge in [-0.05, 0) is 35.9 Å². The van der Waals surface area contributed by atoms with Gasteiger partial charge in [0.2, 0.25) is 10.0 Å². The van der Waals surface area contributed by atoms with Crippen LogP contribution in [0.2, 0.25) is 0 Å². The second kappa shape index (κ2) is 9.07. The Hall–Kier alpha value is -2.03. The third-order valence-electron chi connectivity index (χ3n) is 3.69. The average Bonchev–Trinajstić information content (AvgIpc) is 2.64. The molecule has 0 bridgehead atoms. The van der Waals surface area contributed by atoms with E-state index in [0.717, 1.165) is 10.0 Å². The third kappa shape index (κ3) is 5.00. The molecule has 0 aliphatic heterocycles. The van der Waals surface area contributed by atoms with Crippen molar-refractivity contribution in [1.82, 2.24) is 9.73 Å². The van der Waals surface area contributed by atoms with Crippen molar-refractivity contribution in [2.24, 2.45) is 5.10 Å². The van der Waals surface area contributed by atoms with Crippen molar-refractivity contribution >= 4 is 38.1 Å². The Labute approximate surface area is 162 Å². The summed E-state index contributed by atoms with van der Waals surface area (Å²) in [4.78, 5) is 12.3. The highest BCUT2D eigenvalue weighted by molar-refractivity contribution is 9.10. The number of halogens is 1. The molecule has 8 heteroatoms. The van der Waals surface area contributed by atoms with Crippen LogP contribution in [-0.2, 0) is 10.0 Å². The van der Waals surface area contributed by atoms with Crippen molar-refractivity contribution in [2.45, 2.75) is 18.7 Å². The summed E-state index contributed by atoms with van der Waals surface area (Å²) in [6.45, 7) is 4.28. The van der Waals surface area contributed by atoms with Crippen molar-refractivity contribution in [3.8, 4) is 0 Å². The van der Waals surface area contributed by atoms with Crippen molar-refractivity contribution in [3.05, 3.63) is 64.1 Å². The van der Waals surface area contributed by atoms with E-state index in [1.807, 2.05) is 24.3 Å². The number of carbonyl (C=O) groups excluding carboxylic acids is 1. The molecule has 2 aromatic carbocycles. The SMILES string of the molecule is CCN(CC)S(=O)(=O)c1cccc(C(=O)N/N=C\c2ccc(Br)cc2)c1. The summed E-state index contributed by atoms with van der Waals surface area (Å²) in [5, 5.41) is 3.91. The molecule has 0 aliphatic rings. The molecule has 0 aliphatic carbocycles. The van der Waals surface area contributed by atoms with Crippen LogP contribution >= 0.6 is 15.9 Å². The molecule has 0 spiro atoms. The maximum Gasteiger partial charge on any atom is 0.271 e. The standard InChI is InChI=1S/C18H20BrN3O3S/c1-3-22(4-2)26(24,25)17-7-5-6-15(12-17)18(23)21-20-13-14-8-10-16(19)11-9-14/h5-13H,3-4H2,1-2H3,(H,21,23)/b20-13-. The van der Waals surface area contributed by atoms with Gasteiger partial charge in [-0.15, -0.1) is 0 Å². The van der Waals surface area contributed by atoms with Crippen molar-refractivity contribution in [3.63, 3.8) is 0 Å². The van der Waals surface area contributed by atoms with Crippen molar-refractivity contribution < 1.29 is 13.2 Å². The zero-order chi connectivity index (χ0) is 19.2. The summed E-state index contributed by atoms with van der Waals surface area (Å²) < 4.78 is 27.4. The Bertz CT molecular complexity index is 892. The number of nitrogens with one attached hydrogen (secondary N) is 1. The number of nitrogens with zero attached hydrogens (tertiary/aromatic N) is 2. The van der Waals surface area contributed by atoms with Crippen LogP contribution < -0.4 is 5.43 Å². The number of hydrogen-bond donors (Lipinski definition) is 1. The number of amides is 1. The summed E-state index contributed by atoms with van der Waals surface area (Å²) in [6, 6.07) is 13.4. The number of benzene rings is 2. The van der Waals surface area contributed by atoms with E-state index < -0.39 is 15.9 Å². The quantitative estimate of drug-likeness (QED) is 0.533. The van der Waals surface area contributed by atoms with Crippen LogP contribution in [0, 0.1) is 0 Å². The molecule has 0 radical (unpaired) electrons. The van der Waals surface area contributed by atoms with Gasteiger partial charge in [0.25, 0.3) is 5.91 Å². The van der Waals surface area contributed by atoms with Crippen LogP contribution in [-0.4, -0.2) is 37.9 Å². The summed E-state index contributed by atoms with van der Waals surface area (Å²) in [6.07, 6.45) is 1.51. The molecule has 0 atom stereocenters. The lowest BCUT2D eigenvalue weighted by Crippen LogP contribution is -2.30. The van der Waals surface area contributed by atoms with Crippen LogP contribution in [0.3, 0.4) is 0 Å². The molecule has 1 N–H and O–H groups in total. The van der Waals surface area contributed by atoms with E-state index in [-0.39, 0.29) is 10.5 Å². The monoisotopic (exact) mass is 437 g/mol. The summed E-state index contributed by atoms with van der Waals surface area (Å²) in [5.41, 5.74) is 3.46. The van der Waals surface area contributed by atoms with E-state index in [1.54, 1.807) is 26.0 Å². The molecule has 0 aromatic heterocycles. The van der Waals surface area contributed by atoms with E-state index in [4.69, 9.17) is 0 Å². The van der Waals surface area contributed by atoms with Gasteiger partial charge in [0, 0.05) is 23.1 Å². The molecule has 1 amide bonds. The number of hydrogen-bond acceptors (Lipinski definition) is 4. The molecule has 2 aromatic rings. The lowest BCUT2D eigenvalue weighted by atomic mass is 10.2. The van der Waals surface area contributed by atoms with E-state index >= 15 is 0 Å². The van der Waals surface area contributed by atoms with Gasteiger partial charge in [-0.3, -0.25) is 4.79 Å². The van der Waals surface area contributed by atoms with Crippen LogP contribution in [0.1, 0.15) is 29.8 Å². The zero-order valence-electron chi connectivity index (χ0n) is 14.5. The first-order valence-corrected chi connectivity index (χ1v) is 10.3. The van der Waals surface area contributed by atoms with Gasteiger partial charge >= 0.3 is 0 Å². The molecular weight excluding hydrogens is 418 g/mol. The first kappa shape index (κ1) is 20.3. The molecule has 0 fully saturated rings. The molecular formula is C18H20BrN3O3S. The Morgan fingerprint density at radius 1 is 1.15 bits per heavy atom. The van der Waals surface area contributed by atoms with Gasteiger partial charge in [-0.2, -0.15) is 9.41 Å². The Balaban J connectivity index is 2.14. The summed E-state index contributed by atoms with van der Waals surface area (Å²) in [7, 11) is -3.61. The zero-order valence-corrected chi connectivity index (χ0v) is 16.9. The van der Waals surface area contributed by atoms with Gasteiger partial charge in [0.1, 0.15) is 0 Å². The molecule has 0 saturated carbocycles. The normalized spacial score (nSPS) is 11.8. The molecule has 0 heterocycles. The van der Waals surface area contributed by atoms with E-state index in [9.17, 15) is 13.2 Å². The number of sulfonamides is 1. The lowest BCUT2D eigenvalue weighted by Gasteiger charge is -2.18. The second-order valence-electron chi connectivity index (χ2n) is 5.37. The smallest absolute Gasteiger partial charge is 0.267 e. The fraction of sp³-hybridized carbons (Fsp3) is 0.222.